The second-order valence-electron chi connectivity index (χ2n) is 13.2. The molecule has 50 heavy (non-hydrogen) atoms. The maximum absolute atomic E-state index is 14.9. The molecule has 0 bridgehead atoms. The molecule has 10 nitrogen and oxygen atoms in total. The van der Waals surface area contributed by atoms with Crippen molar-refractivity contribution in [3.05, 3.63) is 92.0 Å². The molecule has 1 aliphatic heterocycles. The number of fused-ring (bicyclic) bond motifs is 4. The third kappa shape index (κ3) is 5.24. The van der Waals surface area contributed by atoms with Crippen LogP contribution < -0.4 is 9.64 Å². The van der Waals surface area contributed by atoms with Crippen molar-refractivity contribution in [1.82, 2.24) is 24.1 Å². The first kappa shape index (κ1) is 33.7. The van der Waals surface area contributed by atoms with Gasteiger partial charge in [-0.25, -0.2) is 4.79 Å². The molecule has 0 spiro atoms. The van der Waals surface area contributed by atoms with E-state index >= 15 is 0 Å². The van der Waals surface area contributed by atoms with Crippen molar-refractivity contribution in [2.45, 2.75) is 53.5 Å². The molecule has 0 radical (unpaired) electrons. The second-order valence-corrected chi connectivity index (χ2v) is 14.0. The SMILES string of the molecule is Cc1cc(OCCCc2c3n(c4c(-c5c(C)nn(C)c5C)c(Cl)ccc24)C(C)CN(c2cccc4c(C(=O)O)nn(C)c24)C3=O)cc(C)c1Cl. The number of carbonyl (C=O) groups is 2. The van der Waals surface area contributed by atoms with Crippen LogP contribution in [-0.2, 0) is 20.5 Å². The number of aromatic nitrogens is 5. The highest BCUT2D eigenvalue weighted by Crippen LogP contribution is 2.45. The molecule has 0 saturated carbocycles. The van der Waals surface area contributed by atoms with Crippen molar-refractivity contribution in [3.8, 4) is 16.9 Å². The number of ether oxygens (including phenoxy) is 1. The van der Waals surface area contributed by atoms with Gasteiger partial charge < -0.3 is 19.3 Å². The molecule has 0 saturated heterocycles. The van der Waals surface area contributed by atoms with E-state index < -0.39 is 5.97 Å². The van der Waals surface area contributed by atoms with Gasteiger partial charge in [-0.05, 0) is 88.4 Å². The van der Waals surface area contributed by atoms with Gasteiger partial charge in [-0.2, -0.15) is 10.2 Å². The molecule has 0 aliphatic carbocycles. The maximum atomic E-state index is 14.9. The first-order valence-corrected chi connectivity index (χ1v) is 17.3. The van der Waals surface area contributed by atoms with Gasteiger partial charge in [0.2, 0.25) is 0 Å². The van der Waals surface area contributed by atoms with E-state index in [9.17, 15) is 14.7 Å². The van der Waals surface area contributed by atoms with Crippen LogP contribution in [0.2, 0.25) is 10.0 Å². The number of halogens is 2. The maximum Gasteiger partial charge on any atom is 0.357 e. The van der Waals surface area contributed by atoms with Gasteiger partial charge in [-0.15, -0.1) is 0 Å². The van der Waals surface area contributed by atoms with Crippen LogP contribution in [0.1, 0.15) is 68.4 Å². The Morgan fingerprint density at radius 3 is 2.34 bits per heavy atom. The molecular weight excluding hydrogens is 675 g/mol. The molecule has 3 aromatic heterocycles. The van der Waals surface area contributed by atoms with Crippen molar-refractivity contribution in [1.29, 1.82) is 0 Å². The largest absolute Gasteiger partial charge is 0.494 e. The molecule has 258 valence electrons. The van der Waals surface area contributed by atoms with E-state index in [1.807, 2.05) is 69.8 Å². The fourth-order valence-electron chi connectivity index (χ4n) is 7.63. The van der Waals surface area contributed by atoms with Gasteiger partial charge in [-0.1, -0.05) is 41.4 Å². The standard InChI is InChI=1S/C38H38Cl2N6O4/c1-19-16-24(17-20(2)32(19)40)50-15-9-11-25-26-13-14-28(39)31(30-22(4)41-43(6)23(30)5)35(26)46-21(3)18-45(37(47)36(25)46)29-12-8-10-27-33(38(48)49)42-44(7)34(27)29/h8,10,12-14,16-17,21H,9,11,15,18H2,1-7H3,(H,48,49). The van der Waals surface area contributed by atoms with Crippen molar-refractivity contribution >= 4 is 62.6 Å². The number of nitrogens with zero attached hydrogens (tertiary/aromatic N) is 6. The molecular formula is C38H38Cl2N6O4. The molecule has 1 N–H and O–H groups in total. The first-order chi connectivity index (χ1) is 23.8. The van der Waals surface area contributed by atoms with Crippen molar-refractivity contribution in [3.63, 3.8) is 0 Å². The Balaban J connectivity index is 1.38. The van der Waals surface area contributed by atoms with Gasteiger partial charge in [0, 0.05) is 59.3 Å². The van der Waals surface area contributed by atoms with Gasteiger partial charge in [0.1, 0.15) is 11.4 Å². The van der Waals surface area contributed by atoms with Gasteiger partial charge in [0.15, 0.2) is 5.69 Å². The van der Waals surface area contributed by atoms with E-state index in [1.165, 1.54) is 0 Å². The summed E-state index contributed by atoms with van der Waals surface area (Å²) in [4.78, 5) is 28.7. The van der Waals surface area contributed by atoms with Gasteiger partial charge in [-0.3, -0.25) is 14.2 Å². The fraction of sp³-hybridized carbons (Fsp3) is 0.316. The summed E-state index contributed by atoms with van der Waals surface area (Å²) < 4.78 is 11.7. The minimum absolute atomic E-state index is 0.0516. The number of benzene rings is 3. The molecule has 1 aliphatic rings. The number of carboxylic acid groups (broad SMARTS) is 1. The zero-order valence-electron chi connectivity index (χ0n) is 29.1. The summed E-state index contributed by atoms with van der Waals surface area (Å²) in [5.41, 5.74) is 9.09. The Labute approximate surface area is 299 Å². The lowest BCUT2D eigenvalue weighted by Gasteiger charge is -2.34. The minimum atomic E-state index is -1.12. The fourth-order valence-corrected chi connectivity index (χ4v) is 7.99. The van der Waals surface area contributed by atoms with E-state index in [4.69, 9.17) is 33.0 Å². The van der Waals surface area contributed by atoms with Crippen LogP contribution >= 0.6 is 23.2 Å². The highest BCUT2D eigenvalue weighted by Gasteiger charge is 2.38. The molecule has 1 atom stereocenters. The lowest BCUT2D eigenvalue weighted by molar-refractivity contribution is 0.0691. The minimum Gasteiger partial charge on any atom is -0.494 e. The zero-order valence-corrected chi connectivity index (χ0v) is 30.6. The summed E-state index contributed by atoms with van der Waals surface area (Å²) in [5, 5.41) is 21.6. The van der Waals surface area contributed by atoms with Crippen LogP contribution in [-0.4, -0.2) is 54.3 Å². The number of aryl methyl sites for hydroxylation is 6. The predicted octanol–water partition coefficient (Wildman–Crippen LogP) is 8.40. The molecule has 6 aromatic rings. The number of carboxylic acids is 1. The number of carbonyl (C=O) groups excluding carboxylic acids is 1. The van der Waals surface area contributed by atoms with Gasteiger partial charge in [0.05, 0.1) is 34.0 Å². The summed E-state index contributed by atoms with van der Waals surface area (Å²) >= 11 is 13.4. The third-order valence-corrected chi connectivity index (χ3v) is 10.8. The van der Waals surface area contributed by atoms with Crippen LogP contribution in [0.25, 0.3) is 32.9 Å². The van der Waals surface area contributed by atoms with Crippen LogP contribution in [0.15, 0.2) is 42.5 Å². The zero-order chi connectivity index (χ0) is 35.8. The predicted molar refractivity (Wildman–Crippen MR) is 197 cm³/mol. The number of anilines is 1. The van der Waals surface area contributed by atoms with E-state index in [1.54, 1.807) is 28.8 Å². The highest BCUT2D eigenvalue weighted by atomic mass is 35.5. The van der Waals surface area contributed by atoms with Crippen molar-refractivity contribution < 1.29 is 19.4 Å². The van der Waals surface area contributed by atoms with Crippen LogP contribution in [0, 0.1) is 27.7 Å². The Morgan fingerprint density at radius 2 is 1.68 bits per heavy atom. The summed E-state index contributed by atoms with van der Waals surface area (Å²) in [6.07, 6.45) is 1.22. The first-order valence-electron chi connectivity index (χ1n) is 16.6. The number of hydrogen-bond acceptors (Lipinski definition) is 5. The Hall–Kier alpha value is -4.80. The van der Waals surface area contributed by atoms with E-state index in [2.05, 4.69) is 16.6 Å². The summed E-state index contributed by atoms with van der Waals surface area (Å²) in [7, 11) is 3.62. The quantitative estimate of drug-likeness (QED) is 0.159. The number of rotatable bonds is 8. The summed E-state index contributed by atoms with van der Waals surface area (Å²) in [6, 6.07) is 13.0. The topological polar surface area (TPSA) is 107 Å². The van der Waals surface area contributed by atoms with E-state index in [-0.39, 0.29) is 17.6 Å². The number of para-hydroxylation sites is 1. The Kier molecular flexibility index (Phi) is 8.43. The normalized spacial score (nSPS) is 14.6. The summed E-state index contributed by atoms with van der Waals surface area (Å²) in [6.45, 7) is 10.8. The molecule has 7 rings (SSSR count). The van der Waals surface area contributed by atoms with Crippen LogP contribution in [0.3, 0.4) is 0 Å². The smallest absolute Gasteiger partial charge is 0.357 e. The molecule has 12 heteroatoms. The highest BCUT2D eigenvalue weighted by molar-refractivity contribution is 6.35. The molecule has 1 amide bonds. The molecule has 0 fully saturated rings. The van der Waals surface area contributed by atoms with Crippen LogP contribution in [0.5, 0.6) is 5.75 Å². The lowest BCUT2D eigenvalue weighted by atomic mass is 9.98. The average molecular weight is 714 g/mol. The third-order valence-electron chi connectivity index (χ3n) is 9.90. The van der Waals surface area contributed by atoms with Crippen molar-refractivity contribution in [2.75, 3.05) is 18.1 Å². The van der Waals surface area contributed by atoms with E-state index in [0.29, 0.717) is 53.3 Å². The van der Waals surface area contributed by atoms with Gasteiger partial charge in [0.25, 0.3) is 5.91 Å². The second kappa shape index (κ2) is 12.5. The number of hydrogen-bond donors (Lipinski definition) is 1. The number of amides is 1. The lowest BCUT2D eigenvalue weighted by Crippen LogP contribution is -2.43. The molecule has 4 heterocycles. The average Bonchev–Trinajstić information content (AvgIpc) is 3.68. The van der Waals surface area contributed by atoms with E-state index in [0.717, 1.165) is 60.9 Å². The summed E-state index contributed by atoms with van der Waals surface area (Å²) in [5.74, 6) is -0.540. The molecule has 1 unspecified atom stereocenters. The Morgan fingerprint density at radius 1 is 0.960 bits per heavy atom. The monoisotopic (exact) mass is 712 g/mol. The van der Waals surface area contributed by atoms with Gasteiger partial charge >= 0.3 is 5.97 Å². The number of aromatic carboxylic acids is 1. The van der Waals surface area contributed by atoms with Crippen molar-refractivity contribution in [2.24, 2.45) is 14.1 Å². The molecule has 3 aromatic carbocycles. The van der Waals surface area contributed by atoms with Crippen LogP contribution in [0.4, 0.5) is 5.69 Å². The Bertz CT molecular complexity index is 2360.